The molecule has 1 N–H and O–H groups in total. The van der Waals surface area contributed by atoms with E-state index in [-0.39, 0.29) is 0 Å². The summed E-state index contributed by atoms with van der Waals surface area (Å²) in [6, 6.07) is 0. The molecule has 0 spiro atoms. The fourth-order valence-corrected chi connectivity index (χ4v) is 1.86. The highest BCUT2D eigenvalue weighted by Gasteiger charge is 2.06. The fourth-order valence-electron chi connectivity index (χ4n) is 1.13. The van der Waals surface area contributed by atoms with Gasteiger partial charge in [0.25, 0.3) is 0 Å². The quantitative estimate of drug-likeness (QED) is 0.821. The topological polar surface area (TPSA) is 47.0 Å². The van der Waals surface area contributed by atoms with Crippen molar-refractivity contribution in [3.63, 3.8) is 0 Å². The van der Waals surface area contributed by atoms with E-state index in [0.29, 0.717) is 23.6 Å². The Morgan fingerprint density at radius 3 is 3.00 bits per heavy atom. The first-order valence-corrected chi connectivity index (χ1v) is 6.36. The molecule has 1 rings (SSSR count). The van der Waals surface area contributed by atoms with Crippen molar-refractivity contribution in [1.29, 1.82) is 0 Å². The Bertz CT molecular complexity index is 338. The lowest BCUT2D eigenvalue weighted by molar-refractivity contribution is 0.394. The summed E-state index contributed by atoms with van der Waals surface area (Å²) >= 11 is 8.96. The maximum Gasteiger partial charge on any atom is 0.232 e. The summed E-state index contributed by atoms with van der Waals surface area (Å²) in [6.45, 7) is 2.93. The number of halogens is 2. The Balaban J connectivity index is 2.54. The minimum absolute atomic E-state index is 0.496. The number of nitrogens with zero attached hydrogens (tertiary/aromatic N) is 2. The molecule has 1 unspecified atom stereocenters. The summed E-state index contributed by atoms with van der Waals surface area (Å²) in [6.07, 6.45) is 2.64. The Morgan fingerprint density at radius 1 is 1.62 bits per heavy atom. The molecule has 6 heteroatoms. The van der Waals surface area contributed by atoms with Gasteiger partial charge in [0.15, 0.2) is 0 Å². The van der Waals surface area contributed by atoms with Crippen LogP contribution in [-0.2, 0) is 0 Å². The van der Waals surface area contributed by atoms with Gasteiger partial charge in [-0.3, -0.25) is 0 Å². The Morgan fingerprint density at radius 2 is 2.38 bits per heavy atom. The highest BCUT2D eigenvalue weighted by atomic mass is 79.9. The third-order valence-electron chi connectivity index (χ3n) is 2.12. The molecule has 90 valence electrons. The summed E-state index contributed by atoms with van der Waals surface area (Å²) in [5.74, 6) is 2.27. The molecule has 4 nitrogen and oxygen atoms in total. The van der Waals surface area contributed by atoms with Crippen molar-refractivity contribution in [2.75, 3.05) is 24.9 Å². The third kappa shape index (κ3) is 4.14. The van der Waals surface area contributed by atoms with Gasteiger partial charge in [0.1, 0.15) is 0 Å². The lowest BCUT2D eigenvalue weighted by Crippen LogP contribution is -2.13. The largest absolute Gasteiger partial charge is 0.480 e. The Hall–Kier alpha value is -0.550. The first-order valence-electron chi connectivity index (χ1n) is 5.03. The van der Waals surface area contributed by atoms with Crippen molar-refractivity contribution in [3.05, 3.63) is 10.7 Å². The van der Waals surface area contributed by atoms with Gasteiger partial charge in [0.05, 0.1) is 17.8 Å². The molecule has 0 aliphatic heterocycles. The monoisotopic (exact) mass is 307 g/mol. The molecule has 0 fully saturated rings. The number of hydrogen-bond acceptors (Lipinski definition) is 4. The molecule has 0 radical (unpaired) electrons. The number of anilines is 1. The van der Waals surface area contributed by atoms with Crippen molar-refractivity contribution in [2.24, 2.45) is 5.92 Å². The standard InChI is InChI=1S/C10H15BrClN3O/c1-7(3-4-12)5-13-10-14-6-8(11)9(15-10)16-2/h6-7H,3-5H2,1-2H3,(H,13,14,15). The molecule has 0 bridgehead atoms. The molecule has 0 amide bonds. The van der Waals surface area contributed by atoms with Crippen LogP contribution in [-0.4, -0.2) is 29.5 Å². The molecular formula is C10H15BrClN3O. The van der Waals surface area contributed by atoms with E-state index in [9.17, 15) is 0 Å². The highest BCUT2D eigenvalue weighted by Crippen LogP contribution is 2.21. The lowest BCUT2D eigenvalue weighted by Gasteiger charge is -2.11. The SMILES string of the molecule is COc1nc(NCC(C)CCCl)ncc1Br. The van der Waals surface area contributed by atoms with Gasteiger partial charge in [0.2, 0.25) is 11.8 Å². The van der Waals surface area contributed by atoms with Gasteiger partial charge in [-0.2, -0.15) is 4.98 Å². The predicted molar refractivity (Wildman–Crippen MR) is 69.3 cm³/mol. The summed E-state index contributed by atoms with van der Waals surface area (Å²) < 4.78 is 5.83. The summed E-state index contributed by atoms with van der Waals surface area (Å²) in [4.78, 5) is 8.34. The maximum atomic E-state index is 5.66. The van der Waals surface area contributed by atoms with Crippen molar-refractivity contribution >= 4 is 33.5 Å². The van der Waals surface area contributed by atoms with Crippen LogP contribution in [0.1, 0.15) is 13.3 Å². The van der Waals surface area contributed by atoms with Crippen LogP contribution in [0.15, 0.2) is 10.7 Å². The number of rotatable bonds is 6. The summed E-state index contributed by atoms with van der Waals surface area (Å²) in [5, 5.41) is 3.15. The minimum atomic E-state index is 0.496. The van der Waals surface area contributed by atoms with Gasteiger partial charge in [-0.1, -0.05) is 6.92 Å². The van der Waals surface area contributed by atoms with E-state index in [1.54, 1.807) is 13.3 Å². The first-order chi connectivity index (χ1) is 7.67. The van der Waals surface area contributed by atoms with Crippen LogP contribution < -0.4 is 10.1 Å². The van der Waals surface area contributed by atoms with E-state index >= 15 is 0 Å². The molecule has 0 saturated carbocycles. The van der Waals surface area contributed by atoms with Gasteiger partial charge >= 0.3 is 0 Å². The van der Waals surface area contributed by atoms with Crippen LogP contribution in [0, 0.1) is 5.92 Å². The van der Waals surface area contributed by atoms with E-state index in [2.05, 4.69) is 38.1 Å². The zero-order valence-corrected chi connectivity index (χ0v) is 11.7. The number of alkyl halides is 1. The third-order valence-corrected chi connectivity index (χ3v) is 2.88. The Labute approximate surface area is 109 Å². The molecule has 0 aromatic carbocycles. The van der Waals surface area contributed by atoms with Gasteiger partial charge in [0, 0.05) is 12.4 Å². The van der Waals surface area contributed by atoms with E-state index in [0.717, 1.165) is 17.4 Å². The second-order valence-corrected chi connectivity index (χ2v) is 4.75. The second-order valence-electron chi connectivity index (χ2n) is 3.51. The summed E-state index contributed by atoms with van der Waals surface area (Å²) in [7, 11) is 1.58. The van der Waals surface area contributed by atoms with Crippen LogP contribution in [0.5, 0.6) is 5.88 Å². The van der Waals surface area contributed by atoms with Crippen LogP contribution in [0.2, 0.25) is 0 Å². The fraction of sp³-hybridized carbons (Fsp3) is 0.600. The highest BCUT2D eigenvalue weighted by molar-refractivity contribution is 9.10. The average molecular weight is 309 g/mol. The number of nitrogens with one attached hydrogen (secondary N) is 1. The molecular weight excluding hydrogens is 293 g/mol. The van der Waals surface area contributed by atoms with Crippen LogP contribution >= 0.6 is 27.5 Å². The van der Waals surface area contributed by atoms with Crippen molar-refractivity contribution in [3.8, 4) is 5.88 Å². The van der Waals surface area contributed by atoms with Crippen molar-refractivity contribution in [2.45, 2.75) is 13.3 Å². The Kier molecular flexibility index (Phi) is 5.84. The van der Waals surface area contributed by atoms with E-state index in [1.165, 1.54) is 0 Å². The number of ether oxygens (including phenoxy) is 1. The first kappa shape index (κ1) is 13.5. The molecule has 1 heterocycles. The molecule has 1 aromatic heterocycles. The second kappa shape index (κ2) is 6.91. The molecule has 1 atom stereocenters. The lowest BCUT2D eigenvalue weighted by atomic mass is 10.1. The molecule has 16 heavy (non-hydrogen) atoms. The molecule has 0 aliphatic carbocycles. The average Bonchev–Trinajstić information content (AvgIpc) is 2.28. The van der Waals surface area contributed by atoms with Gasteiger partial charge in [-0.25, -0.2) is 4.98 Å². The molecule has 0 aliphatic rings. The summed E-state index contributed by atoms with van der Waals surface area (Å²) in [5.41, 5.74) is 0. The predicted octanol–water partition coefficient (Wildman–Crippen LogP) is 2.92. The zero-order valence-electron chi connectivity index (χ0n) is 9.33. The smallest absolute Gasteiger partial charge is 0.232 e. The van der Waals surface area contributed by atoms with Crippen LogP contribution in [0.4, 0.5) is 5.95 Å². The van der Waals surface area contributed by atoms with Crippen molar-refractivity contribution < 1.29 is 4.74 Å². The number of hydrogen-bond donors (Lipinski definition) is 1. The number of methoxy groups -OCH3 is 1. The minimum Gasteiger partial charge on any atom is -0.480 e. The van der Waals surface area contributed by atoms with E-state index < -0.39 is 0 Å². The van der Waals surface area contributed by atoms with Gasteiger partial charge in [-0.15, -0.1) is 11.6 Å². The van der Waals surface area contributed by atoms with Crippen molar-refractivity contribution in [1.82, 2.24) is 9.97 Å². The van der Waals surface area contributed by atoms with Gasteiger partial charge in [-0.05, 0) is 28.3 Å². The van der Waals surface area contributed by atoms with Crippen LogP contribution in [0.25, 0.3) is 0 Å². The molecule has 0 saturated heterocycles. The van der Waals surface area contributed by atoms with Gasteiger partial charge < -0.3 is 10.1 Å². The number of aromatic nitrogens is 2. The normalized spacial score (nSPS) is 12.2. The van der Waals surface area contributed by atoms with E-state index in [4.69, 9.17) is 16.3 Å². The van der Waals surface area contributed by atoms with E-state index in [1.807, 2.05) is 0 Å². The zero-order chi connectivity index (χ0) is 12.0. The molecule has 1 aromatic rings. The maximum absolute atomic E-state index is 5.66. The van der Waals surface area contributed by atoms with Crippen LogP contribution in [0.3, 0.4) is 0 Å².